The van der Waals surface area contributed by atoms with Crippen LogP contribution in [0.3, 0.4) is 0 Å². The van der Waals surface area contributed by atoms with Gasteiger partial charge >= 0.3 is 0 Å². The summed E-state index contributed by atoms with van der Waals surface area (Å²) in [7, 11) is 0. The summed E-state index contributed by atoms with van der Waals surface area (Å²) in [5, 5.41) is 0. The number of aryl methyl sites for hydroxylation is 1. The quantitative estimate of drug-likeness (QED) is 0.647. The van der Waals surface area contributed by atoms with Gasteiger partial charge in [-0.15, -0.1) is 11.3 Å². The van der Waals surface area contributed by atoms with Gasteiger partial charge in [0.2, 0.25) is 0 Å². The summed E-state index contributed by atoms with van der Waals surface area (Å²) in [5.41, 5.74) is 2.46. The lowest BCUT2D eigenvalue weighted by Gasteiger charge is -1.92. The molecule has 17 heavy (non-hydrogen) atoms. The van der Waals surface area contributed by atoms with Gasteiger partial charge in [-0.25, -0.2) is 4.98 Å². The molecular formula is C13H10N2OS. The third kappa shape index (κ3) is 1.76. The van der Waals surface area contributed by atoms with Crippen LogP contribution in [0.15, 0.2) is 36.7 Å². The molecule has 3 heterocycles. The molecule has 3 rings (SSSR count). The van der Waals surface area contributed by atoms with Crippen LogP contribution < -0.4 is 0 Å². The average molecular weight is 242 g/mol. The van der Waals surface area contributed by atoms with E-state index in [0.717, 1.165) is 22.5 Å². The van der Waals surface area contributed by atoms with Crippen LogP contribution >= 0.6 is 11.3 Å². The smallest absolute Gasteiger partial charge is 0.151 e. The highest BCUT2D eigenvalue weighted by Gasteiger charge is 2.06. The lowest BCUT2D eigenvalue weighted by molar-refractivity contribution is 0.112. The minimum absolute atomic E-state index is 0.656. The molecule has 0 aromatic carbocycles. The Morgan fingerprint density at radius 3 is 2.82 bits per heavy atom. The second-order valence-electron chi connectivity index (χ2n) is 3.88. The fourth-order valence-corrected chi connectivity index (χ4v) is 2.59. The lowest BCUT2D eigenvalue weighted by Crippen LogP contribution is -1.86. The molecule has 0 aliphatic heterocycles. The molecule has 84 valence electrons. The van der Waals surface area contributed by atoms with Crippen molar-refractivity contribution in [2.75, 3.05) is 0 Å². The van der Waals surface area contributed by atoms with Crippen LogP contribution in [0.25, 0.3) is 16.2 Å². The number of pyridine rings is 1. The van der Waals surface area contributed by atoms with E-state index in [9.17, 15) is 4.79 Å². The van der Waals surface area contributed by atoms with E-state index in [1.807, 2.05) is 16.7 Å². The van der Waals surface area contributed by atoms with Crippen molar-refractivity contribution in [3.05, 3.63) is 47.1 Å². The SMILES string of the molecule is Cc1ccc(-c2cn3cc(C=O)ccc3n2)s1. The van der Waals surface area contributed by atoms with Gasteiger partial charge in [-0.05, 0) is 31.2 Å². The fraction of sp³-hybridized carbons (Fsp3) is 0.0769. The molecule has 0 bridgehead atoms. The monoisotopic (exact) mass is 242 g/mol. The molecule has 0 N–H and O–H groups in total. The molecule has 0 aliphatic carbocycles. The van der Waals surface area contributed by atoms with E-state index < -0.39 is 0 Å². The van der Waals surface area contributed by atoms with Crippen LogP contribution in [-0.2, 0) is 0 Å². The number of carbonyl (C=O) groups excluding carboxylic acids is 1. The zero-order valence-electron chi connectivity index (χ0n) is 9.25. The molecule has 0 unspecified atom stereocenters. The molecule has 0 saturated carbocycles. The van der Waals surface area contributed by atoms with Crippen molar-refractivity contribution in [3.63, 3.8) is 0 Å². The van der Waals surface area contributed by atoms with Gasteiger partial charge in [-0.1, -0.05) is 0 Å². The van der Waals surface area contributed by atoms with Crippen LogP contribution in [0.1, 0.15) is 15.2 Å². The maximum atomic E-state index is 10.7. The van der Waals surface area contributed by atoms with E-state index in [2.05, 4.69) is 24.0 Å². The summed E-state index contributed by atoms with van der Waals surface area (Å²) in [6, 6.07) is 7.79. The summed E-state index contributed by atoms with van der Waals surface area (Å²) < 4.78 is 1.88. The van der Waals surface area contributed by atoms with Gasteiger partial charge in [0.25, 0.3) is 0 Å². The topological polar surface area (TPSA) is 34.4 Å². The number of fused-ring (bicyclic) bond motifs is 1. The number of hydrogen-bond donors (Lipinski definition) is 0. The second-order valence-corrected chi connectivity index (χ2v) is 5.17. The van der Waals surface area contributed by atoms with Crippen LogP contribution in [0.5, 0.6) is 0 Å². The molecule has 0 spiro atoms. The summed E-state index contributed by atoms with van der Waals surface area (Å²) in [6.07, 6.45) is 4.58. The Bertz CT molecular complexity index is 696. The third-order valence-electron chi connectivity index (χ3n) is 2.60. The normalized spacial score (nSPS) is 10.9. The molecular weight excluding hydrogens is 232 g/mol. The van der Waals surface area contributed by atoms with Crippen LogP contribution in [0.2, 0.25) is 0 Å². The predicted octanol–water partition coefficient (Wildman–Crippen LogP) is 3.18. The highest BCUT2D eigenvalue weighted by Crippen LogP contribution is 2.27. The van der Waals surface area contributed by atoms with Gasteiger partial charge in [0.05, 0.1) is 10.6 Å². The fourth-order valence-electron chi connectivity index (χ4n) is 1.77. The minimum Gasteiger partial charge on any atom is -0.306 e. The number of carbonyl (C=O) groups is 1. The van der Waals surface area contributed by atoms with Gasteiger partial charge < -0.3 is 4.40 Å². The van der Waals surface area contributed by atoms with Crippen molar-refractivity contribution < 1.29 is 4.79 Å². The molecule has 4 heteroatoms. The molecule has 3 aromatic heterocycles. The van der Waals surface area contributed by atoms with Gasteiger partial charge in [-0.2, -0.15) is 0 Å². The molecule has 0 saturated heterocycles. The van der Waals surface area contributed by atoms with E-state index in [-0.39, 0.29) is 0 Å². The number of nitrogens with zero attached hydrogens (tertiary/aromatic N) is 2. The number of rotatable bonds is 2. The van der Waals surface area contributed by atoms with E-state index in [0.29, 0.717) is 5.56 Å². The standard InChI is InChI=1S/C13H10N2OS/c1-9-2-4-12(17-9)11-7-15-6-10(8-16)3-5-13(15)14-11/h2-8H,1H3. The van der Waals surface area contributed by atoms with Crippen LogP contribution in [0, 0.1) is 6.92 Å². The van der Waals surface area contributed by atoms with Crippen molar-refractivity contribution in [2.24, 2.45) is 0 Å². The third-order valence-corrected chi connectivity index (χ3v) is 3.63. The summed E-state index contributed by atoms with van der Waals surface area (Å²) >= 11 is 1.72. The first kappa shape index (κ1) is 10.2. The summed E-state index contributed by atoms with van der Waals surface area (Å²) in [6.45, 7) is 2.08. The molecule has 0 atom stereocenters. The zero-order valence-corrected chi connectivity index (χ0v) is 10.1. The highest BCUT2D eigenvalue weighted by molar-refractivity contribution is 7.15. The number of aldehydes is 1. The van der Waals surface area contributed by atoms with Crippen molar-refractivity contribution in [1.82, 2.24) is 9.38 Å². The van der Waals surface area contributed by atoms with E-state index >= 15 is 0 Å². The first-order chi connectivity index (χ1) is 8.26. The van der Waals surface area contributed by atoms with Crippen molar-refractivity contribution in [3.8, 4) is 10.6 Å². The Kier molecular flexibility index (Phi) is 2.30. The Hall–Kier alpha value is -1.94. The maximum absolute atomic E-state index is 10.7. The van der Waals surface area contributed by atoms with Crippen molar-refractivity contribution >= 4 is 23.3 Å². The number of hydrogen-bond acceptors (Lipinski definition) is 3. The average Bonchev–Trinajstić information content (AvgIpc) is 2.93. The Labute approximate surface area is 102 Å². The molecule has 3 aromatic rings. The Balaban J connectivity index is 2.16. The number of aromatic nitrogens is 2. The minimum atomic E-state index is 0.656. The van der Waals surface area contributed by atoms with Crippen molar-refractivity contribution in [1.29, 1.82) is 0 Å². The van der Waals surface area contributed by atoms with Gasteiger partial charge in [0.1, 0.15) is 5.65 Å². The van der Waals surface area contributed by atoms with Crippen LogP contribution in [0.4, 0.5) is 0 Å². The van der Waals surface area contributed by atoms with E-state index in [1.165, 1.54) is 4.88 Å². The highest BCUT2D eigenvalue weighted by atomic mass is 32.1. The first-order valence-corrected chi connectivity index (χ1v) is 6.09. The van der Waals surface area contributed by atoms with Crippen molar-refractivity contribution in [2.45, 2.75) is 6.92 Å². The Morgan fingerprint density at radius 1 is 1.24 bits per heavy atom. The molecule has 0 fully saturated rings. The largest absolute Gasteiger partial charge is 0.306 e. The molecule has 3 nitrogen and oxygen atoms in total. The lowest BCUT2D eigenvalue weighted by atomic mass is 10.3. The second kappa shape index (κ2) is 3.82. The summed E-state index contributed by atoms with van der Waals surface area (Å²) in [5.74, 6) is 0. The zero-order chi connectivity index (χ0) is 11.8. The summed E-state index contributed by atoms with van der Waals surface area (Å²) in [4.78, 5) is 17.6. The first-order valence-electron chi connectivity index (χ1n) is 5.27. The van der Waals surface area contributed by atoms with Gasteiger partial charge in [0.15, 0.2) is 6.29 Å². The van der Waals surface area contributed by atoms with E-state index in [4.69, 9.17) is 0 Å². The number of thiophene rings is 1. The molecule has 0 radical (unpaired) electrons. The Morgan fingerprint density at radius 2 is 2.12 bits per heavy atom. The van der Waals surface area contributed by atoms with Crippen LogP contribution in [-0.4, -0.2) is 15.7 Å². The molecule has 0 amide bonds. The van der Waals surface area contributed by atoms with Gasteiger partial charge in [-0.3, -0.25) is 4.79 Å². The van der Waals surface area contributed by atoms with E-state index in [1.54, 1.807) is 23.6 Å². The predicted molar refractivity (Wildman–Crippen MR) is 68.6 cm³/mol. The van der Waals surface area contributed by atoms with Gasteiger partial charge in [0, 0.05) is 22.8 Å². The number of imidazole rings is 1. The molecule has 0 aliphatic rings. The maximum Gasteiger partial charge on any atom is 0.151 e.